The second-order valence-corrected chi connectivity index (χ2v) is 5.59. The molecule has 6 nitrogen and oxygen atoms in total. The number of hydrogen-bond donors (Lipinski definition) is 2. The summed E-state index contributed by atoms with van der Waals surface area (Å²) in [5.41, 5.74) is 0.460. The number of H-pyrrole nitrogens is 1. The Morgan fingerprint density at radius 1 is 1.48 bits per heavy atom. The maximum absolute atomic E-state index is 11.6. The van der Waals surface area contributed by atoms with Crippen LogP contribution in [0.4, 0.5) is 0 Å². The Labute approximate surface area is 129 Å². The number of carbonyl (C=O) groups is 1. The van der Waals surface area contributed by atoms with Crippen LogP contribution in [0.25, 0.3) is 0 Å². The van der Waals surface area contributed by atoms with Crippen LogP contribution < -0.4 is 5.56 Å². The average molecular weight is 326 g/mol. The van der Waals surface area contributed by atoms with Gasteiger partial charge < -0.3 is 10.1 Å². The third-order valence-electron chi connectivity index (χ3n) is 2.53. The van der Waals surface area contributed by atoms with Crippen LogP contribution in [0.3, 0.4) is 0 Å². The lowest BCUT2D eigenvalue weighted by atomic mass is 10.2. The highest BCUT2D eigenvalue weighted by molar-refractivity contribution is 7.99. The normalized spacial score (nSPS) is 10.6. The van der Waals surface area contributed by atoms with Gasteiger partial charge in [-0.05, 0) is 24.2 Å². The van der Waals surface area contributed by atoms with Gasteiger partial charge in [-0.3, -0.25) is 4.79 Å². The molecule has 0 bridgehead atoms. The fourth-order valence-corrected chi connectivity index (χ4v) is 2.67. The van der Waals surface area contributed by atoms with E-state index in [0.29, 0.717) is 22.3 Å². The van der Waals surface area contributed by atoms with Crippen molar-refractivity contribution >= 4 is 29.3 Å². The third kappa shape index (κ3) is 4.05. The van der Waals surface area contributed by atoms with Gasteiger partial charge in [-0.25, -0.2) is 14.8 Å². The van der Waals surface area contributed by atoms with Crippen molar-refractivity contribution in [1.29, 1.82) is 0 Å². The monoisotopic (exact) mass is 325 g/mol. The predicted molar refractivity (Wildman–Crippen MR) is 79.2 cm³/mol. The van der Waals surface area contributed by atoms with E-state index in [1.807, 2.05) is 6.92 Å². The second kappa shape index (κ2) is 6.73. The molecule has 2 rings (SSSR count). The average Bonchev–Trinajstić information content (AvgIpc) is 2.40. The lowest BCUT2D eigenvalue weighted by Gasteiger charge is -2.05. The number of halogens is 1. The zero-order chi connectivity index (χ0) is 15.4. The number of nitrogens with zero attached hydrogens (tertiary/aromatic N) is 2. The molecule has 0 aliphatic rings. The van der Waals surface area contributed by atoms with Crippen molar-refractivity contribution in [3.63, 3.8) is 0 Å². The minimum absolute atomic E-state index is 0.00513. The Morgan fingerprint density at radius 2 is 2.24 bits per heavy atom. The summed E-state index contributed by atoms with van der Waals surface area (Å²) in [7, 11) is 0. The zero-order valence-electron chi connectivity index (χ0n) is 11.1. The minimum Gasteiger partial charge on any atom is -0.478 e. The van der Waals surface area contributed by atoms with Gasteiger partial charge in [0.25, 0.3) is 5.56 Å². The summed E-state index contributed by atoms with van der Waals surface area (Å²) in [6.45, 7) is 2.00. The van der Waals surface area contributed by atoms with Crippen molar-refractivity contribution < 1.29 is 9.90 Å². The van der Waals surface area contributed by atoms with Gasteiger partial charge in [0.05, 0.1) is 10.6 Å². The number of aryl methyl sites for hydroxylation is 1. The van der Waals surface area contributed by atoms with Crippen LogP contribution in [0.1, 0.15) is 29.4 Å². The fraction of sp³-hybridized carbons (Fsp3) is 0.231. The van der Waals surface area contributed by atoms with Gasteiger partial charge in [0, 0.05) is 18.0 Å². The van der Waals surface area contributed by atoms with Crippen LogP contribution in [0.2, 0.25) is 5.02 Å². The molecule has 2 heterocycles. The number of nitrogens with one attached hydrogen (secondary N) is 1. The van der Waals surface area contributed by atoms with E-state index < -0.39 is 5.97 Å². The SMILES string of the molecule is CCCc1cc(=O)[nH]c(Sc2ncc(C(=O)O)cc2Cl)n1. The number of aromatic amines is 1. The molecular weight excluding hydrogens is 314 g/mol. The van der Waals surface area contributed by atoms with Crippen molar-refractivity contribution in [2.75, 3.05) is 0 Å². The maximum Gasteiger partial charge on any atom is 0.337 e. The van der Waals surface area contributed by atoms with Crippen molar-refractivity contribution in [3.05, 3.63) is 45.0 Å². The predicted octanol–water partition coefficient (Wildman–Crippen LogP) is 2.62. The summed E-state index contributed by atoms with van der Waals surface area (Å²) in [6.07, 6.45) is 2.80. The molecule has 2 aromatic heterocycles. The highest BCUT2D eigenvalue weighted by Crippen LogP contribution is 2.29. The van der Waals surface area contributed by atoms with Gasteiger partial charge in [-0.2, -0.15) is 0 Å². The smallest absolute Gasteiger partial charge is 0.337 e. The van der Waals surface area contributed by atoms with E-state index in [4.69, 9.17) is 16.7 Å². The summed E-state index contributed by atoms with van der Waals surface area (Å²) < 4.78 is 0. The molecule has 0 aromatic carbocycles. The van der Waals surface area contributed by atoms with Crippen molar-refractivity contribution in [2.24, 2.45) is 0 Å². The molecule has 0 saturated heterocycles. The summed E-state index contributed by atoms with van der Waals surface area (Å²) in [5, 5.41) is 9.82. The van der Waals surface area contributed by atoms with Crippen LogP contribution >= 0.6 is 23.4 Å². The van der Waals surface area contributed by atoms with E-state index in [1.54, 1.807) is 0 Å². The topological polar surface area (TPSA) is 95.9 Å². The molecular formula is C13H12ClN3O3S. The van der Waals surface area contributed by atoms with Crippen molar-refractivity contribution in [3.8, 4) is 0 Å². The van der Waals surface area contributed by atoms with E-state index in [9.17, 15) is 9.59 Å². The fourth-order valence-electron chi connectivity index (χ4n) is 1.63. The lowest BCUT2D eigenvalue weighted by molar-refractivity contribution is 0.0696. The van der Waals surface area contributed by atoms with E-state index in [0.717, 1.165) is 18.2 Å². The summed E-state index contributed by atoms with van der Waals surface area (Å²) in [4.78, 5) is 33.3. The molecule has 0 saturated carbocycles. The molecule has 2 aromatic rings. The number of aromatic carboxylic acids is 1. The first-order valence-corrected chi connectivity index (χ1v) is 7.36. The number of carboxylic acid groups (broad SMARTS) is 1. The molecule has 0 aliphatic heterocycles. The number of hydrogen-bond acceptors (Lipinski definition) is 5. The Balaban J connectivity index is 2.29. The molecule has 21 heavy (non-hydrogen) atoms. The van der Waals surface area contributed by atoms with Gasteiger partial charge in [0.1, 0.15) is 5.03 Å². The number of rotatable bonds is 5. The first kappa shape index (κ1) is 15.5. The lowest BCUT2D eigenvalue weighted by Crippen LogP contribution is -2.10. The Bertz CT molecular complexity index is 733. The molecule has 0 radical (unpaired) electrons. The first-order valence-electron chi connectivity index (χ1n) is 6.16. The Kier molecular flexibility index (Phi) is 4.98. The standard InChI is InChI=1S/C13H12ClN3O3S/c1-2-3-8-5-10(18)17-13(16-8)21-11-9(14)4-7(6-15-11)12(19)20/h4-6H,2-3H2,1H3,(H,19,20)(H,16,17,18). The molecule has 2 N–H and O–H groups in total. The van der Waals surface area contributed by atoms with Crippen LogP contribution in [-0.2, 0) is 6.42 Å². The van der Waals surface area contributed by atoms with Crippen LogP contribution in [-0.4, -0.2) is 26.0 Å². The Morgan fingerprint density at radius 3 is 2.86 bits per heavy atom. The number of pyridine rings is 1. The Hall–Kier alpha value is -1.86. The van der Waals surface area contributed by atoms with E-state index in [2.05, 4.69) is 15.0 Å². The molecule has 0 fully saturated rings. The summed E-state index contributed by atoms with van der Waals surface area (Å²) in [5.74, 6) is -1.10. The molecule has 0 aliphatic carbocycles. The van der Waals surface area contributed by atoms with Gasteiger partial charge >= 0.3 is 5.97 Å². The first-order chi connectivity index (χ1) is 9.99. The van der Waals surface area contributed by atoms with E-state index in [-0.39, 0.29) is 16.1 Å². The van der Waals surface area contributed by atoms with Crippen LogP contribution in [0, 0.1) is 0 Å². The highest BCUT2D eigenvalue weighted by atomic mass is 35.5. The summed E-state index contributed by atoms with van der Waals surface area (Å²) in [6, 6.07) is 2.77. The maximum atomic E-state index is 11.6. The minimum atomic E-state index is -1.10. The van der Waals surface area contributed by atoms with Gasteiger partial charge in [-0.15, -0.1) is 0 Å². The number of carboxylic acids is 1. The van der Waals surface area contributed by atoms with Crippen LogP contribution in [0.15, 0.2) is 33.3 Å². The zero-order valence-corrected chi connectivity index (χ0v) is 12.7. The second-order valence-electron chi connectivity index (χ2n) is 4.21. The van der Waals surface area contributed by atoms with Gasteiger partial charge in [0.15, 0.2) is 5.16 Å². The van der Waals surface area contributed by atoms with Crippen LogP contribution in [0.5, 0.6) is 0 Å². The molecule has 8 heteroatoms. The number of aromatic nitrogens is 3. The molecule has 0 spiro atoms. The highest BCUT2D eigenvalue weighted by Gasteiger charge is 2.11. The van der Waals surface area contributed by atoms with Gasteiger partial charge in [0.2, 0.25) is 0 Å². The van der Waals surface area contributed by atoms with Gasteiger partial charge in [-0.1, -0.05) is 24.9 Å². The largest absolute Gasteiger partial charge is 0.478 e. The van der Waals surface area contributed by atoms with Crippen molar-refractivity contribution in [2.45, 2.75) is 29.9 Å². The van der Waals surface area contributed by atoms with E-state index in [1.165, 1.54) is 18.3 Å². The molecule has 0 atom stereocenters. The molecule has 0 unspecified atom stereocenters. The van der Waals surface area contributed by atoms with E-state index >= 15 is 0 Å². The molecule has 0 amide bonds. The molecule has 110 valence electrons. The third-order valence-corrected chi connectivity index (χ3v) is 3.83. The van der Waals surface area contributed by atoms with Crippen molar-refractivity contribution in [1.82, 2.24) is 15.0 Å². The summed E-state index contributed by atoms with van der Waals surface area (Å²) >= 11 is 7.08. The quantitative estimate of drug-likeness (QED) is 0.820.